The molecule has 3 rings (SSSR count). The fourth-order valence-corrected chi connectivity index (χ4v) is 5.94. The largest absolute Gasteiger partial charge is 0.495 e. The number of rotatable bonds is 13. The molecule has 0 aliphatic rings. The van der Waals surface area contributed by atoms with Crippen molar-refractivity contribution in [1.82, 2.24) is 10.2 Å². The summed E-state index contributed by atoms with van der Waals surface area (Å²) >= 11 is 0. The molecule has 0 fully saturated rings. The van der Waals surface area contributed by atoms with Crippen LogP contribution in [0.15, 0.2) is 83.8 Å². The van der Waals surface area contributed by atoms with Crippen LogP contribution in [0.1, 0.15) is 38.3 Å². The van der Waals surface area contributed by atoms with Gasteiger partial charge in [0.2, 0.25) is 11.8 Å². The van der Waals surface area contributed by atoms with E-state index in [-0.39, 0.29) is 29.1 Å². The fraction of sp³-hybridized carbons (Fsp3) is 0.355. The first-order valence-electron chi connectivity index (χ1n) is 13.4. The number of hydrogen-bond acceptors (Lipinski definition) is 5. The SMILES string of the molecule is CC[C@@H](C(=O)NC(C)C)N(CCc1ccccc1)C(=O)CN(c1cc(C)ccc1OC)S(=O)(=O)c1ccccc1. The molecule has 3 aromatic carbocycles. The molecule has 0 aliphatic heterocycles. The number of nitrogens with zero attached hydrogens (tertiary/aromatic N) is 2. The minimum Gasteiger partial charge on any atom is -0.495 e. The molecule has 3 aromatic rings. The van der Waals surface area contributed by atoms with Crippen molar-refractivity contribution in [3.63, 3.8) is 0 Å². The quantitative estimate of drug-likeness (QED) is 0.328. The minimum atomic E-state index is -4.17. The van der Waals surface area contributed by atoms with Gasteiger partial charge >= 0.3 is 0 Å². The number of methoxy groups -OCH3 is 1. The predicted octanol–water partition coefficient (Wildman–Crippen LogP) is 4.57. The number of aryl methyl sites for hydroxylation is 1. The van der Waals surface area contributed by atoms with E-state index in [0.717, 1.165) is 15.4 Å². The van der Waals surface area contributed by atoms with Crippen LogP contribution >= 0.6 is 0 Å². The van der Waals surface area contributed by atoms with Crippen LogP contribution in [0, 0.1) is 6.92 Å². The molecule has 1 N–H and O–H groups in total. The Hall–Kier alpha value is -3.85. The summed E-state index contributed by atoms with van der Waals surface area (Å²) in [7, 11) is -2.71. The monoisotopic (exact) mass is 565 g/mol. The number of benzene rings is 3. The second kappa shape index (κ2) is 14.0. The van der Waals surface area contributed by atoms with E-state index in [9.17, 15) is 18.0 Å². The van der Waals surface area contributed by atoms with Gasteiger partial charge in [0.05, 0.1) is 17.7 Å². The first-order chi connectivity index (χ1) is 19.1. The first kappa shape index (κ1) is 30.7. The second-order valence-corrected chi connectivity index (χ2v) is 11.8. The lowest BCUT2D eigenvalue weighted by atomic mass is 10.1. The molecule has 0 unspecified atom stereocenters. The van der Waals surface area contributed by atoms with Crippen LogP contribution in [0.25, 0.3) is 0 Å². The Morgan fingerprint density at radius 1 is 0.950 bits per heavy atom. The van der Waals surface area contributed by atoms with Crippen molar-refractivity contribution in [3.8, 4) is 5.75 Å². The Bertz CT molecular complexity index is 1380. The highest BCUT2D eigenvalue weighted by Crippen LogP contribution is 2.33. The Balaban J connectivity index is 2.07. The smallest absolute Gasteiger partial charge is 0.264 e. The van der Waals surface area contributed by atoms with Gasteiger partial charge in [0.1, 0.15) is 18.3 Å². The van der Waals surface area contributed by atoms with Crippen molar-refractivity contribution in [3.05, 3.63) is 90.0 Å². The van der Waals surface area contributed by atoms with Gasteiger partial charge in [-0.15, -0.1) is 0 Å². The Morgan fingerprint density at radius 3 is 2.15 bits per heavy atom. The molecular weight excluding hydrogens is 526 g/mol. The average molecular weight is 566 g/mol. The van der Waals surface area contributed by atoms with Gasteiger partial charge in [-0.3, -0.25) is 13.9 Å². The van der Waals surface area contributed by atoms with Crippen LogP contribution in [0.2, 0.25) is 0 Å². The number of ether oxygens (including phenoxy) is 1. The molecule has 0 spiro atoms. The summed E-state index contributed by atoms with van der Waals surface area (Å²) < 4.78 is 34.6. The lowest BCUT2D eigenvalue weighted by Crippen LogP contribution is -2.54. The van der Waals surface area contributed by atoms with Crippen LogP contribution < -0.4 is 14.4 Å². The zero-order valence-electron chi connectivity index (χ0n) is 23.8. The molecule has 0 heterocycles. The summed E-state index contributed by atoms with van der Waals surface area (Å²) in [6.45, 7) is 7.15. The molecule has 0 saturated carbocycles. The summed E-state index contributed by atoms with van der Waals surface area (Å²) in [6.07, 6.45) is 0.884. The van der Waals surface area contributed by atoms with Gasteiger partial charge < -0.3 is 15.0 Å². The molecular formula is C31H39N3O5S. The van der Waals surface area contributed by atoms with E-state index in [0.29, 0.717) is 18.6 Å². The van der Waals surface area contributed by atoms with Gasteiger partial charge in [0.15, 0.2) is 0 Å². The number of nitrogens with one attached hydrogen (secondary N) is 1. The van der Waals surface area contributed by atoms with Crippen molar-refractivity contribution in [2.24, 2.45) is 0 Å². The van der Waals surface area contributed by atoms with Crippen LogP contribution in [0.3, 0.4) is 0 Å². The zero-order chi connectivity index (χ0) is 29.3. The predicted molar refractivity (Wildman–Crippen MR) is 158 cm³/mol. The van der Waals surface area contributed by atoms with E-state index in [4.69, 9.17) is 4.74 Å². The van der Waals surface area contributed by atoms with Crippen molar-refractivity contribution < 1.29 is 22.7 Å². The third-order valence-electron chi connectivity index (χ3n) is 6.51. The molecule has 2 amide bonds. The highest BCUT2D eigenvalue weighted by Gasteiger charge is 2.34. The summed E-state index contributed by atoms with van der Waals surface area (Å²) in [4.78, 5) is 28.9. The molecule has 1 atom stereocenters. The highest BCUT2D eigenvalue weighted by atomic mass is 32.2. The fourth-order valence-electron chi connectivity index (χ4n) is 4.50. The van der Waals surface area contributed by atoms with Gasteiger partial charge in [-0.05, 0) is 69.0 Å². The van der Waals surface area contributed by atoms with E-state index in [1.807, 2.05) is 64.1 Å². The van der Waals surface area contributed by atoms with Crippen molar-refractivity contribution >= 4 is 27.5 Å². The number of carbonyl (C=O) groups excluding carboxylic acids is 2. The maximum atomic E-state index is 14.1. The number of anilines is 1. The average Bonchev–Trinajstić information content (AvgIpc) is 2.94. The topological polar surface area (TPSA) is 96.0 Å². The second-order valence-electron chi connectivity index (χ2n) is 9.91. The van der Waals surface area contributed by atoms with Crippen LogP contribution in [0.4, 0.5) is 5.69 Å². The van der Waals surface area contributed by atoms with Crippen LogP contribution in [-0.4, -0.2) is 57.4 Å². The number of hydrogen-bond donors (Lipinski definition) is 1. The first-order valence-corrected chi connectivity index (χ1v) is 14.9. The highest BCUT2D eigenvalue weighted by molar-refractivity contribution is 7.92. The third kappa shape index (κ3) is 7.63. The number of amides is 2. The van der Waals surface area contributed by atoms with E-state index >= 15 is 0 Å². The van der Waals surface area contributed by atoms with E-state index in [1.165, 1.54) is 24.1 Å². The molecule has 8 nitrogen and oxygen atoms in total. The van der Waals surface area contributed by atoms with Crippen molar-refractivity contribution in [2.75, 3.05) is 24.5 Å². The molecule has 9 heteroatoms. The van der Waals surface area contributed by atoms with Gasteiger partial charge in [-0.1, -0.05) is 61.5 Å². The van der Waals surface area contributed by atoms with Gasteiger partial charge in [-0.25, -0.2) is 8.42 Å². The van der Waals surface area contributed by atoms with Gasteiger partial charge in [0, 0.05) is 12.6 Å². The van der Waals surface area contributed by atoms with E-state index in [1.54, 1.807) is 30.3 Å². The molecule has 0 bridgehead atoms. The minimum absolute atomic E-state index is 0.0480. The zero-order valence-corrected chi connectivity index (χ0v) is 24.6. The van der Waals surface area contributed by atoms with E-state index in [2.05, 4.69) is 5.32 Å². The summed E-state index contributed by atoms with van der Waals surface area (Å²) in [5, 5.41) is 2.91. The Morgan fingerprint density at radius 2 is 1.57 bits per heavy atom. The molecule has 214 valence electrons. The molecule has 40 heavy (non-hydrogen) atoms. The van der Waals surface area contributed by atoms with E-state index < -0.39 is 28.5 Å². The Labute approximate surface area is 238 Å². The maximum absolute atomic E-state index is 14.1. The molecule has 0 saturated heterocycles. The summed E-state index contributed by atoms with van der Waals surface area (Å²) in [5.74, 6) is -0.437. The number of carbonyl (C=O) groups is 2. The standard InChI is InChI=1S/C31H39N3O5S/c1-6-27(31(36)32-23(2)3)33(20-19-25-13-9-7-10-14-25)30(35)22-34(28-21-24(4)17-18-29(28)39-5)40(37,38)26-15-11-8-12-16-26/h7-18,21,23,27H,6,19-20,22H2,1-5H3,(H,32,36)/t27-/m0/s1. The Kier molecular flexibility index (Phi) is 10.7. The summed E-state index contributed by atoms with van der Waals surface area (Å²) in [5.41, 5.74) is 2.07. The number of sulfonamides is 1. The normalized spacial score (nSPS) is 12.1. The summed E-state index contributed by atoms with van der Waals surface area (Å²) in [6, 6.07) is 22.0. The van der Waals surface area contributed by atoms with Gasteiger partial charge in [0.25, 0.3) is 10.0 Å². The lowest BCUT2D eigenvalue weighted by molar-refractivity contribution is -0.139. The maximum Gasteiger partial charge on any atom is 0.264 e. The molecule has 0 aliphatic carbocycles. The van der Waals surface area contributed by atoms with Gasteiger partial charge in [-0.2, -0.15) is 0 Å². The van der Waals surface area contributed by atoms with Crippen LogP contribution in [0.5, 0.6) is 5.75 Å². The lowest BCUT2D eigenvalue weighted by Gasteiger charge is -2.34. The van der Waals surface area contributed by atoms with Crippen molar-refractivity contribution in [2.45, 2.75) is 57.5 Å². The molecule has 0 radical (unpaired) electrons. The van der Waals surface area contributed by atoms with Crippen molar-refractivity contribution in [1.29, 1.82) is 0 Å². The molecule has 0 aromatic heterocycles. The van der Waals surface area contributed by atoms with Crippen LogP contribution in [-0.2, 0) is 26.0 Å². The third-order valence-corrected chi connectivity index (χ3v) is 8.29.